The predicted octanol–water partition coefficient (Wildman–Crippen LogP) is 3.71. The van der Waals surface area contributed by atoms with Gasteiger partial charge in [0, 0.05) is 68.3 Å². The van der Waals surface area contributed by atoms with E-state index in [1.54, 1.807) is 4.57 Å². The van der Waals surface area contributed by atoms with Crippen LogP contribution in [0.1, 0.15) is 157 Å². The van der Waals surface area contributed by atoms with Crippen molar-refractivity contribution in [1.29, 1.82) is 0 Å². The number of anilines is 1. The van der Waals surface area contributed by atoms with E-state index in [0.29, 0.717) is 50.4 Å². The molecule has 7 aliphatic rings. The van der Waals surface area contributed by atoms with Gasteiger partial charge in [-0.2, -0.15) is 17.1 Å². The van der Waals surface area contributed by atoms with E-state index >= 15 is 0 Å². The van der Waals surface area contributed by atoms with Crippen LogP contribution in [0.2, 0.25) is 0 Å². The second-order valence-corrected chi connectivity index (χ2v) is 33.0. The van der Waals surface area contributed by atoms with Crippen LogP contribution in [0.4, 0.5) is 5.82 Å². The second kappa shape index (κ2) is 32.5. The maximum atomic E-state index is 14.4. The van der Waals surface area contributed by atoms with Crippen LogP contribution in [0.5, 0.6) is 0 Å². The fourth-order valence-electron chi connectivity index (χ4n) is 18.1. The van der Waals surface area contributed by atoms with Crippen LogP contribution in [0.15, 0.2) is 65.4 Å². The molecular weight excluding hydrogens is 1480 g/mol. The monoisotopic (exact) mass is 1580 g/mol. The summed E-state index contributed by atoms with van der Waals surface area (Å²) in [6.07, 6.45) is -4.86. The third kappa shape index (κ3) is 16.5. The molecule has 1 radical (unpaired) electrons. The van der Waals surface area contributed by atoms with Crippen molar-refractivity contribution < 1.29 is 98.7 Å². The van der Waals surface area contributed by atoms with Gasteiger partial charge in [-0.3, -0.25) is 47.2 Å². The zero-order valence-electron chi connectivity index (χ0n) is 63.1. The number of nitrogen functional groups attached to an aromatic ring is 1. The van der Waals surface area contributed by atoms with Crippen molar-refractivity contribution in [1.82, 2.24) is 34.4 Å². The summed E-state index contributed by atoms with van der Waals surface area (Å²) in [5, 5.41) is 66.5. The normalized spacial score (nSPS) is 35.6. The summed E-state index contributed by atoms with van der Waals surface area (Å²) in [4.78, 5) is 121. The minimum absolute atomic E-state index is 0. The molecule has 20 N–H and O–H groups in total. The number of phosphoric ester groups is 1. The number of hydrogen-bond donors (Lipinski definition) is 13. The van der Waals surface area contributed by atoms with Crippen LogP contribution in [-0.4, -0.2) is 181 Å². The number of imidazole rings is 2. The quantitative estimate of drug-likeness (QED) is 0.0299. The molecule has 11 rings (SSSR count). The number of fused-ring (bicyclic) bond motifs is 11. The zero-order valence-corrected chi connectivity index (χ0v) is 65.0. The first-order valence-corrected chi connectivity index (χ1v) is 37.7. The summed E-state index contributed by atoms with van der Waals surface area (Å²) in [7, 11) is -5.06. The Balaban J connectivity index is 0.000000623. The molecule has 0 saturated carbocycles. The number of ether oxygens (including phenoxy) is 2. The minimum atomic E-state index is -5.06. The van der Waals surface area contributed by atoms with E-state index in [4.69, 9.17) is 79.9 Å². The fourth-order valence-corrected chi connectivity index (χ4v) is 19.3. The van der Waals surface area contributed by atoms with Crippen molar-refractivity contribution in [3.63, 3.8) is 0 Å². The standard InChI is InChI=1S/C62H92N13O14P.C10H12N5O3.Co/c1-29-20-39-40(21-30(29)2)75(28-70-39)57-52(84)53(41(27-76)87-57)89-90(85,86)88-31(3)26-69-49(83)18-19-59(8)37(22-46(66)80)56-62(11)61(10,25-48(68)82)36(14-17-45(65)79)51(74-62)33(5)55-60(9,24-47(67)81)34(12-15-43(63)77)38(71-55)23-42-58(6,7)35(13-16-44(64)78)50(72-42)32(4)54(59)73-56;1-4-6(16)7(17)10(18-4)15-3-14-5-8(11)12-2-13-9(5)15;/h20-21,23,28,31,34-38,41,50-53,56-57,76,84H,12-19,22,24-27H2,1-11H3,(H2,63,77)(H2,64,78)(H2,65,79)(H2,66,80)(H2,67,81)(H2,68,82)(H,69,83)(H,85,86);2-4,6-7,10,16-17H,1H2,(H2,11,12,13);/q-4;-1;/b42-23-,54-32-,55-33-;;/t31-,34-,35-,36-,37+,38-,41-,50-,51?,52-,53-,56-,57+,59-,60+,61+,62+;4-,6-,7-,10-;/m11./s1. The second-order valence-electron chi connectivity index (χ2n) is 31.7. The number of nitrogens with two attached hydrogens (primary N) is 7. The Bertz CT molecular complexity index is 4310. The van der Waals surface area contributed by atoms with E-state index in [1.165, 1.54) is 30.5 Å². The van der Waals surface area contributed by atoms with Crippen LogP contribution in [0, 0.1) is 66.1 Å². The number of aliphatic hydroxyl groups is 4. The summed E-state index contributed by atoms with van der Waals surface area (Å²) in [5.74, 6) is -6.62. The van der Waals surface area contributed by atoms with Gasteiger partial charge in [0.2, 0.25) is 41.4 Å². The van der Waals surface area contributed by atoms with Crippen molar-refractivity contribution in [3.8, 4) is 0 Å². The first kappa shape index (κ1) is 85.3. The molecule has 8 bridgehead atoms. The number of amides is 7. The van der Waals surface area contributed by atoms with Crippen molar-refractivity contribution in [3.05, 3.63) is 105 Å². The molecule has 2 unspecified atom stereocenters. The molecule has 603 valence electrons. The SMILES string of the molecule is C/C1=C2/[N-][C@H](/C=C3\[N-][C@H](/C(C)=C4\[N-][C@H]([C@H](CC(N)=O)[C@@]4(C)CCC(=O)NC[C@@H](C)OP(=O)(O)O[C@H]4[C@@H](O)[C@@H](n5cnc6cc(C)c(C)cc65)O[C@@H]4CO)[C@]4(C)[N-]C1[C@@H](CCC(N)=O)[C@]4(C)CC(N)=O)[C@@H](CCC(N)=O)C3(C)C)[C@@H](CCC(N)=O)[C@]2(C)CC(N)=O.[CH2-][C@H]1O[C@@H](n2cnc3c(N)ncnc32)[C@H](O)[C@@H]1O.[Co]. The van der Waals surface area contributed by atoms with E-state index in [-0.39, 0.29) is 99.8 Å². The number of carbonyl (C=O) groups is 7. The molecule has 10 heterocycles. The van der Waals surface area contributed by atoms with Crippen LogP contribution in [-0.2, 0) is 73.4 Å². The molecule has 22 atom stereocenters. The number of carbonyl (C=O) groups excluding carboxylic acids is 7. The Morgan fingerprint density at radius 2 is 1.28 bits per heavy atom. The summed E-state index contributed by atoms with van der Waals surface area (Å²) < 4.78 is 39.2. The molecule has 7 amide bonds. The van der Waals surface area contributed by atoms with Gasteiger partial charge in [0.05, 0.1) is 42.5 Å². The number of aliphatic hydroxyl groups excluding tert-OH is 4. The van der Waals surface area contributed by atoms with Gasteiger partial charge >= 0.3 is 7.82 Å². The maximum Gasteiger partial charge on any atom is 0.472 e. The molecule has 3 aromatic heterocycles. The number of aryl methyl sites for hydroxylation is 2. The zero-order chi connectivity index (χ0) is 79.6. The van der Waals surface area contributed by atoms with E-state index < -0.39 is 186 Å². The van der Waals surface area contributed by atoms with Crippen LogP contribution in [0.3, 0.4) is 0 Å². The van der Waals surface area contributed by atoms with Crippen molar-refractivity contribution in [2.45, 2.75) is 232 Å². The Hall–Kier alpha value is -7.71. The minimum Gasteiger partial charge on any atom is -0.685 e. The first-order valence-electron chi connectivity index (χ1n) is 36.2. The molecule has 0 spiro atoms. The summed E-state index contributed by atoms with van der Waals surface area (Å²) in [6, 6.07) is 0.417. The fraction of sp³-hybridized carbons (Fsp3) is 0.639. The van der Waals surface area contributed by atoms with Crippen LogP contribution in [0.25, 0.3) is 43.5 Å². The van der Waals surface area contributed by atoms with Gasteiger partial charge in [0.15, 0.2) is 23.9 Å². The van der Waals surface area contributed by atoms with Crippen molar-refractivity contribution in [2.24, 2.45) is 79.7 Å². The van der Waals surface area contributed by atoms with Gasteiger partial charge in [0.25, 0.3) is 0 Å². The average molecular weight is 1580 g/mol. The van der Waals surface area contributed by atoms with Crippen molar-refractivity contribution in [2.75, 3.05) is 18.9 Å². The van der Waals surface area contributed by atoms with Gasteiger partial charge in [-0.25, -0.2) is 24.5 Å². The number of allylic oxidation sites excluding steroid dienone is 3. The molecule has 7 aliphatic heterocycles. The largest absolute Gasteiger partial charge is 0.685 e. The summed E-state index contributed by atoms with van der Waals surface area (Å²) in [5.41, 5.74) is 42.8. The predicted molar refractivity (Wildman–Crippen MR) is 394 cm³/mol. The molecule has 0 aliphatic carbocycles. The molecule has 6 saturated heterocycles. The van der Waals surface area contributed by atoms with Gasteiger partial charge in [-0.1, -0.05) is 53.6 Å². The number of rotatable bonds is 27. The molecular formula is C72H104CoN18O17P-5. The number of hydrogen-bond acceptors (Lipinski definition) is 21. The van der Waals surface area contributed by atoms with Crippen LogP contribution < -0.4 is 45.5 Å². The van der Waals surface area contributed by atoms with E-state index in [2.05, 4.69) is 32.2 Å². The number of benzene rings is 1. The Kier molecular flexibility index (Phi) is 25.5. The summed E-state index contributed by atoms with van der Waals surface area (Å²) in [6.45, 7) is 23.1. The smallest absolute Gasteiger partial charge is 0.472 e. The molecule has 4 aromatic rings. The number of nitrogens with zero attached hydrogens (tertiary/aromatic N) is 10. The molecule has 37 heteroatoms. The van der Waals surface area contributed by atoms with Gasteiger partial charge in [0.1, 0.15) is 36.3 Å². The Labute approximate surface area is 642 Å². The molecule has 35 nitrogen and oxygen atoms in total. The third-order valence-corrected chi connectivity index (χ3v) is 25.3. The van der Waals surface area contributed by atoms with Crippen LogP contribution >= 0.6 is 7.82 Å². The topological polar surface area (TPSA) is 587 Å². The van der Waals surface area contributed by atoms with E-state index in [0.717, 1.165) is 11.1 Å². The van der Waals surface area contributed by atoms with Gasteiger partial charge < -0.3 is 113 Å². The Morgan fingerprint density at radius 3 is 1.88 bits per heavy atom. The first-order chi connectivity index (χ1) is 50.4. The van der Waals surface area contributed by atoms with E-state index in [9.17, 15) is 63.4 Å². The van der Waals surface area contributed by atoms with Gasteiger partial charge in [-0.05, 0) is 135 Å². The molecule has 1 aromatic carbocycles. The molecule has 6 fully saturated rings. The maximum absolute atomic E-state index is 14.4. The number of primary amides is 6. The van der Waals surface area contributed by atoms with E-state index in [1.807, 2.05) is 87.4 Å². The van der Waals surface area contributed by atoms with Gasteiger partial charge in [-0.15, -0.1) is 34.8 Å². The number of nitrogens with one attached hydrogen (secondary N) is 1. The average Bonchev–Trinajstić information content (AvgIpc) is 1.53. The number of phosphoric acid groups is 1. The Morgan fingerprint density at radius 1 is 0.697 bits per heavy atom. The number of aromatic nitrogens is 6. The third-order valence-electron chi connectivity index (χ3n) is 24.2. The molecule has 109 heavy (non-hydrogen) atoms. The summed E-state index contributed by atoms with van der Waals surface area (Å²) >= 11 is 0. The van der Waals surface area contributed by atoms with Crippen molar-refractivity contribution >= 4 is 77.2 Å².